The molecule has 1 saturated heterocycles. The number of amides is 2. The maximum absolute atomic E-state index is 13.3. The molecule has 166 valence electrons. The number of nitrogens with zero attached hydrogens (tertiary/aromatic N) is 4. The molecule has 4 rings (SSSR count). The van der Waals surface area contributed by atoms with Gasteiger partial charge < -0.3 is 19.7 Å². The van der Waals surface area contributed by atoms with Gasteiger partial charge in [-0.25, -0.2) is 0 Å². The molecule has 9 nitrogen and oxygen atoms in total. The predicted octanol–water partition coefficient (Wildman–Crippen LogP) is 2.27. The summed E-state index contributed by atoms with van der Waals surface area (Å²) in [6.07, 6.45) is 7.50. The van der Waals surface area contributed by atoms with Crippen LogP contribution in [0.25, 0.3) is 0 Å². The Bertz CT molecular complexity index is 940. The molecule has 0 bridgehead atoms. The number of methoxy groups -OCH3 is 2. The fourth-order valence-electron chi connectivity index (χ4n) is 3.98. The third kappa shape index (κ3) is 4.98. The van der Waals surface area contributed by atoms with E-state index in [1.807, 2.05) is 4.90 Å². The Balaban J connectivity index is 1.41. The summed E-state index contributed by atoms with van der Waals surface area (Å²) >= 11 is 0. The maximum atomic E-state index is 13.3. The molecular weight excluding hydrogens is 398 g/mol. The number of aromatic nitrogens is 3. The van der Waals surface area contributed by atoms with Crippen molar-refractivity contribution in [1.82, 2.24) is 25.2 Å². The molecule has 2 heterocycles. The highest BCUT2D eigenvalue weighted by molar-refractivity contribution is 5.97. The van der Waals surface area contributed by atoms with Gasteiger partial charge in [0.2, 0.25) is 0 Å². The van der Waals surface area contributed by atoms with Gasteiger partial charge in [-0.05, 0) is 50.7 Å². The summed E-state index contributed by atoms with van der Waals surface area (Å²) < 4.78 is 12.4. The van der Waals surface area contributed by atoms with Gasteiger partial charge in [0.1, 0.15) is 11.5 Å². The van der Waals surface area contributed by atoms with Gasteiger partial charge in [0.05, 0.1) is 26.0 Å². The minimum absolute atomic E-state index is 0.0349. The van der Waals surface area contributed by atoms with Crippen LogP contribution in [0.15, 0.2) is 24.4 Å². The standard InChI is InChI=1S/C22H29N5O4/c1-30-17-8-9-18(20(13-17)31-2)22(29)27-11-4-3-5-16(27)10-12-26-14-19(24-25-26)21(28)23-15-6-7-15/h8-9,13-16H,3-7,10-12H2,1-2H3,(H,23,28)/t16-/m0/s1. The Morgan fingerprint density at radius 1 is 1.16 bits per heavy atom. The fraction of sp³-hybridized carbons (Fsp3) is 0.545. The molecule has 2 aliphatic rings. The van der Waals surface area contributed by atoms with E-state index in [0.717, 1.165) is 38.5 Å². The molecule has 0 radical (unpaired) electrons. The summed E-state index contributed by atoms with van der Waals surface area (Å²) in [5.74, 6) is 0.953. The lowest BCUT2D eigenvalue weighted by Crippen LogP contribution is -2.44. The fourth-order valence-corrected chi connectivity index (χ4v) is 3.98. The number of benzene rings is 1. The molecule has 1 N–H and O–H groups in total. The zero-order chi connectivity index (χ0) is 21.8. The van der Waals surface area contributed by atoms with Crippen molar-refractivity contribution < 1.29 is 19.1 Å². The highest BCUT2D eigenvalue weighted by atomic mass is 16.5. The molecule has 1 aliphatic heterocycles. The molecule has 1 aromatic heterocycles. The van der Waals surface area contributed by atoms with Gasteiger partial charge in [0.15, 0.2) is 5.69 Å². The molecule has 1 aromatic carbocycles. The van der Waals surface area contributed by atoms with E-state index in [2.05, 4.69) is 15.6 Å². The normalized spacial score (nSPS) is 18.5. The Labute approximate surface area is 181 Å². The summed E-state index contributed by atoms with van der Waals surface area (Å²) in [6, 6.07) is 5.65. The van der Waals surface area contributed by atoms with E-state index in [1.54, 1.807) is 43.3 Å². The molecule has 0 spiro atoms. The van der Waals surface area contributed by atoms with Gasteiger partial charge in [0.25, 0.3) is 11.8 Å². The van der Waals surface area contributed by atoms with Crippen molar-refractivity contribution >= 4 is 11.8 Å². The van der Waals surface area contributed by atoms with E-state index < -0.39 is 0 Å². The van der Waals surface area contributed by atoms with E-state index in [9.17, 15) is 9.59 Å². The smallest absolute Gasteiger partial charge is 0.273 e. The minimum Gasteiger partial charge on any atom is -0.497 e. The number of nitrogens with one attached hydrogen (secondary N) is 1. The van der Waals surface area contributed by atoms with Gasteiger partial charge in [0, 0.05) is 31.2 Å². The van der Waals surface area contributed by atoms with Crippen LogP contribution in [0.2, 0.25) is 0 Å². The molecule has 1 atom stereocenters. The molecular formula is C22H29N5O4. The van der Waals surface area contributed by atoms with Gasteiger partial charge in [-0.15, -0.1) is 5.10 Å². The zero-order valence-electron chi connectivity index (χ0n) is 18.0. The largest absolute Gasteiger partial charge is 0.497 e. The highest BCUT2D eigenvalue weighted by Gasteiger charge is 2.29. The monoisotopic (exact) mass is 427 g/mol. The number of hydrogen-bond donors (Lipinski definition) is 1. The van der Waals surface area contributed by atoms with Crippen LogP contribution >= 0.6 is 0 Å². The van der Waals surface area contributed by atoms with Gasteiger partial charge in [-0.3, -0.25) is 14.3 Å². The predicted molar refractivity (Wildman–Crippen MR) is 113 cm³/mol. The lowest BCUT2D eigenvalue weighted by Gasteiger charge is -2.36. The lowest BCUT2D eigenvalue weighted by atomic mass is 9.98. The Morgan fingerprint density at radius 2 is 2.00 bits per heavy atom. The number of piperidine rings is 1. The molecule has 1 aliphatic carbocycles. The van der Waals surface area contributed by atoms with Crippen LogP contribution in [0.1, 0.15) is 59.4 Å². The van der Waals surface area contributed by atoms with Gasteiger partial charge in [-0.2, -0.15) is 0 Å². The summed E-state index contributed by atoms with van der Waals surface area (Å²) in [6.45, 7) is 1.31. The Hall–Kier alpha value is -3.10. The first-order valence-corrected chi connectivity index (χ1v) is 10.8. The summed E-state index contributed by atoms with van der Waals surface area (Å²) in [5, 5.41) is 11.0. The van der Waals surface area contributed by atoms with Crippen LogP contribution in [0.4, 0.5) is 0 Å². The topological polar surface area (TPSA) is 98.6 Å². The van der Waals surface area contributed by atoms with Crippen LogP contribution < -0.4 is 14.8 Å². The third-order valence-corrected chi connectivity index (χ3v) is 5.90. The van der Waals surface area contributed by atoms with Crippen LogP contribution in [0.5, 0.6) is 11.5 Å². The summed E-state index contributed by atoms with van der Waals surface area (Å²) in [4.78, 5) is 27.4. The number of ether oxygens (including phenoxy) is 2. The van der Waals surface area contributed by atoms with Crippen molar-refractivity contribution in [3.8, 4) is 11.5 Å². The van der Waals surface area contributed by atoms with Crippen molar-refractivity contribution in [3.05, 3.63) is 35.7 Å². The van der Waals surface area contributed by atoms with Gasteiger partial charge >= 0.3 is 0 Å². The van der Waals surface area contributed by atoms with E-state index in [-0.39, 0.29) is 23.9 Å². The minimum atomic E-state index is -0.171. The highest BCUT2D eigenvalue weighted by Crippen LogP contribution is 2.29. The Morgan fingerprint density at radius 3 is 2.74 bits per heavy atom. The van der Waals surface area contributed by atoms with Crippen molar-refractivity contribution in [3.63, 3.8) is 0 Å². The first kappa shape index (κ1) is 21.1. The van der Waals surface area contributed by atoms with Crippen molar-refractivity contribution in [2.24, 2.45) is 0 Å². The van der Waals surface area contributed by atoms with Crippen molar-refractivity contribution in [2.45, 2.75) is 57.2 Å². The van der Waals surface area contributed by atoms with Crippen LogP contribution in [0, 0.1) is 0 Å². The molecule has 9 heteroatoms. The molecule has 2 amide bonds. The maximum Gasteiger partial charge on any atom is 0.273 e. The van der Waals surface area contributed by atoms with Crippen LogP contribution in [0.3, 0.4) is 0 Å². The van der Waals surface area contributed by atoms with E-state index >= 15 is 0 Å². The van der Waals surface area contributed by atoms with Crippen LogP contribution in [-0.4, -0.2) is 64.6 Å². The molecule has 0 unspecified atom stereocenters. The quantitative estimate of drug-likeness (QED) is 0.694. The van der Waals surface area contributed by atoms with Crippen molar-refractivity contribution in [2.75, 3.05) is 20.8 Å². The zero-order valence-corrected chi connectivity index (χ0v) is 18.0. The second-order valence-corrected chi connectivity index (χ2v) is 8.12. The third-order valence-electron chi connectivity index (χ3n) is 5.90. The average molecular weight is 428 g/mol. The Kier molecular flexibility index (Phi) is 6.39. The SMILES string of the molecule is COc1ccc(C(=O)N2CCCC[C@H]2CCn2cc(C(=O)NC3CC3)nn2)c(OC)c1. The number of likely N-dealkylation sites (tertiary alicyclic amines) is 1. The number of hydrogen-bond acceptors (Lipinski definition) is 6. The molecule has 1 saturated carbocycles. The summed E-state index contributed by atoms with van der Waals surface area (Å²) in [7, 11) is 3.14. The van der Waals surface area contributed by atoms with Gasteiger partial charge in [-0.1, -0.05) is 5.21 Å². The average Bonchev–Trinajstić information content (AvgIpc) is 3.49. The van der Waals surface area contributed by atoms with E-state index in [0.29, 0.717) is 35.8 Å². The van der Waals surface area contributed by atoms with Crippen molar-refractivity contribution in [1.29, 1.82) is 0 Å². The first-order chi connectivity index (χ1) is 15.1. The molecule has 31 heavy (non-hydrogen) atoms. The number of carbonyl (C=O) groups excluding carboxylic acids is 2. The van der Waals surface area contributed by atoms with E-state index in [1.165, 1.54) is 0 Å². The molecule has 2 fully saturated rings. The second-order valence-electron chi connectivity index (χ2n) is 8.12. The van der Waals surface area contributed by atoms with E-state index in [4.69, 9.17) is 9.47 Å². The number of rotatable bonds is 8. The molecule has 2 aromatic rings. The van der Waals surface area contributed by atoms with Crippen LogP contribution in [-0.2, 0) is 6.54 Å². The first-order valence-electron chi connectivity index (χ1n) is 10.8. The lowest BCUT2D eigenvalue weighted by molar-refractivity contribution is 0.0590. The number of carbonyl (C=O) groups is 2. The summed E-state index contributed by atoms with van der Waals surface area (Å²) in [5.41, 5.74) is 0.876. The number of aryl methyl sites for hydroxylation is 1. The second kappa shape index (κ2) is 9.36.